The number of nitrogens with one attached hydrogen (secondary N) is 1. The van der Waals surface area contributed by atoms with E-state index in [4.69, 9.17) is 5.73 Å². The van der Waals surface area contributed by atoms with Gasteiger partial charge < -0.3 is 16.0 Å². The van der Waals surface area contributed by atoms with Gasteiger partial charge in [0, 0.05) is 18.7 Å². The molecule has 106 valence electrons. The van der Waals surface area contributed by atoms with Crippen molar-refractivity contribution in [1.29, 1.82) is 0 Å². The van der Waals surface area contributed by atoms with Crippen LogP contribution in [0.4, 0.5) is 5.69 Å². The standard InChI is InChI=1S/C15H25N3O/c1-12(10-16)4-9-15(19)17-14-7-5-13(6-8-14)11-18(2)3/h5-8,12H,4,9-11,16H2,1-3H3,(H,17,19). The maximum Gasteiger partial charge on any atom is 0.224 e. The summed E-state index contributed by atoms with van der Waals surface area (Å²) < 4.78 is 0. The van der Waals surface area contributed by atoms with Gasteiger partial charge in [-0.1, -0.05) is 19.1 Å². The zero-order valence-corrected chi connectivity index (χ0v) is 12.1. The maximum atomic E-state index is 11.7. The summed E-state index contributed by atoms with van der Waals surface area (Å²) in [5, 5.41) is 2.91. The minimum absolute atomic E-state index is 0.0562. The lowest BCUT2D eigenvalue weighted by molar-refractivity contribution is -0.116. The third-order valence-corrected chi connectivity index (χ3v) is 3.00. The Morgan fingerprint density at radius 2 is 1.95 bits per heavy atom. The number of hydrogen-bond acceptors (Lipinski definition) is 3. The third kappa shape index (κ3) is 6.36. The first-order chi connectivity index (χ1) is 9.01. The van der Waals surface area contributed by atoms with Crippen LogP contribution in [0, 0.1) is 5.92 Å². The molecular formula is C15H25N3O. The van der Waals surface area contributed by atoms with Gasteiger partial charge in [0.1, 0.15) is 0 Å². The van der Waals surface area contributed by atoms with Gasteiger partial charge in [-0.15, -0.1) is 0 Å². The number of nitrogens with zero attached hydrogens (tertiary/aromatic N) is 1. The molecular weight excluding hydrogens is 238 g/mol. The lowest BCUT2D eigenvalue weighted by Crippen LogP contribution is -2.16. The van der Waals surface area contributed by atoms with Crippen molar-refractivity contribution in [1.82, 2.24) is 4.90 Å². The van der Waals surface area contributed by atoms with Crippen molar-refractivity contribution in [2.24, 2.45) is 11.7 Å². The van der Waals surface area contributed by atoms with E-state index in [1.54, 1.807) is 0 Å². The second-order valence-corrected chi connectivity index (χ2v) is 5.36. The Labute approximate surface area is 116 Å². The van der Waals surface area contributed by atoms with Gasteiger partial charge in [-0.3, -0.25) is 4.79 Å². The molecule has 0 fully saturated rings. The van der Waals surface area contributed by atoms with Gasteiger partial charge in [-0.25, -0.2) is 0 Å². The molecule has 4 nitrogen and oxygen atoms in total. The zero-order valence-electron chi connectivity index (χ0n) is 12.1. The van der Waals surface area contributed by atoms with Crippen molar-refractivity contribution in [3.63, 3.8) is 0 Å². The Morgan fingerprint density at radius 1 is 1.32 bits per heavy atom. The van der Waals surface area contributed by atoms with Gasteiger partial charge in [0.15, 0.2) is 0 Å². The average molecular weight is 263 g/mol. The molecule has 1 atom stereocenters. The molecule has 0 aliphatic heterocycles. The SMILES string of the molecule is CC(CN)CCC(=O)Nc1ccc(CN(C)C)cc1. The quantitative estimate of drug-likeness (QED) is 0.791. The molecule has 1 aromatic rings. The van der Waals surface area contributed by atoms with Crippen LogP contribution in [0.2, 0.25) is 0 Å². The average Bonchev–Trinajstić information content (AvgIpc) is 2.37. The monoisotopic (exact) mass is 263 g/mol. The lowest BCUT2D eigenvalue weighted by atomic mass is 10.1. The molecule has 0 bridgehead atoms. The number of hydrogen-bond donors (Lipinski definition) is 2. The highest BCUT2D eigenvalue weighted by Crippen LogP contribution is 2.12. The maximum absolute atomic E-state index is 11.7. The van der Waals surface area contributed by atoms with Gasteiger partial charge in [-0.05, 0) is 50.7 Å². The predicted molar refractivity (Wildman–Crippen MR) is 79.9 cm³/mol. The summed E-state index contributed by atoms with van der Waals surface area (Å²) in [6.45, 7) is 3.60. The molecule has 0 aromatic heterocycles. The van der Waals surface area contributed by atoms with Gasteiger partial charge in [-0.2, -0.15) is 0 Å². The molecule has 1 unspecified atom stereocenters. The van der Waals surface area contributed by atoms with E-state index in [-0.39, 0.29) is 5.91 Å². The summed E-state index contributed by atoms with van der Waals surface area (Å²) in [7, 11) is 4.07. The fourth-order valence-corrected chi connectivity index (χ4v) is 1.78. The van der Waals surface area contributed by atoms with Crippen molar-refractivity contribution in [3.05, 3.63) is 29.8 Å². The lowest BCUT2D eigenvalue weighted by Gasteiger charge is -2.11. The third-order valence-electron chi connectivity index (χ3n) is 3.00. The summed E-state index contributed by atoms with van der Waals surface area (Å²) in [6.07, 6.45) is 1.36. The highest BCUT2D eigenvalue weighted by Gasteiger charge is 2.06. The van der Waals surface area contributed by atoms with E-state index in [2.05, 4.69) is 17.1 Å². The summed E-state index contributed by atoms with van der Waals surface area (Å²) in [5.41, 5.74) is 7.62. The number of anilines is 1. The Bertz CT molecular complexity index is 387. The molecule has 0 aliphatic carbocycles. The van der Waals surface area contributed by atoms with Crippen molar-refractivity contribution >= 4 is 11.6 Å². The molecule has 0 saturated carbocycles. The number of carbonyl (C=O) groups is 1. The van der Waals surface area contributed by atoms with Crippen LogP contribution >= 0.6 is 0 Å². The Morgan fingerprint density at radius 3 is 2.47 bits per heavy atom. The molecule has 1 rings (SSSR count). The van der Waals surface area contributed by atoms with E-state index >= 15 is 0 Å². The summed E-state index contributed by atoms with van der Waals surface area (Å²) in [6, 6.07) is 7.97. The summed E-state index contributed by atoms with van der Waals surface area (Å²) >= 11 is 0. The fourth-order valence-electron chi connectivity index (χ4n) is 1.78. The van der Waals surface area contributed by atoms with Crippen LogP contribution in [-0.4, -0.2) is 31.4 Å². The Hall–Kier alpha value is -1.39. The Kier molecular flexibility index (Phi) is 6.53. The number of nitrogens with two attached hydrogens (primary N) is 1. The van der Waals surface area contributed by atoms with Crippen molar-refractivity contribution in [2.45, 2.75) is 26.3 Å². The normalized spacial score (nSPS) is 12.5. The molecule has 19 heavy (non-hydrogen) atoms. The van der Waals surface area contributed by atoms with Crippen molar-refractivity contribution in [2.75, 3.05) is 26.0 Å². The van der Waals surface area contributed by atoms with Gasteiger partial charge in [0.25, 0.3) is 0 Å². The minimum Gasteiger partial charge on any atom is -0.330 e. The van der Waals surface area contributed by atoms with E-state index in [1.807, 2.05) is 38.4 Å². The molecule has 0 spiro atoms. The number of amides is 1. The van der Waals surface area contributed by atoms with E-state index in [0.29, 0.717) is 18.9 Å². The number of carbonyl (C=O) groups excluding carboxylic acids is 1. The molecule has 1 amide bonds. The molecule has 4 heteroatoms. The van der Waals surface area contributed by atoms with Crippen LogP contribution in [-0.2, 0) is 11.3 Å². The molecule has 1 aromatic carbocycles. The second kappa shape index (κ2) is 7.92. The van der Waals surface area contributed by atoms with Crippen molar-refractivity contribution < 1.29 is 4.79 Å². The highest BCUT2D eigenvalue weighted by molar-refractivity contribution is 5.90. The fraction of sp³-hybridized carbons (Fsp3) is 0.533. The largest absolute Gasteiger partial charge is 0.330 e. The topological polar surface area (TPSA) is 58.4 Å². The first-order valence-electron chi connectivity index (χ1n) is 6.75. The minimum atomic E-state index is 0.0562. The van der Waals surface area contributed by atoms with Gasteiger partial charge >= 0.3 is 0 Å². The first-order valence-corrected chi connectivity index (χ1v) is 6.75. The van der Waals surface area contributed by atoms with Crippen LogP contribution in [0.1, 0.15) is 25.3 Å². The predicted octanol–water partition coefficient (Wildman–Crippen LogP) is 2.06. The van der Waals surface area contributed by atoms with Crippen LogP contribution < -0.4 is 11.1 Å². The zero-order chi connectivity index (χ0) is 14.3. The van der Waals surface area contributed by atoms with Crippen LogP contribution in [0.15, 0.2) is 24.3 Å². The molecule has 3 N–H and O–H groups in total. The molecule has 0 saturated heterocycles. The first kappa shape index (κ1) is 15.7. The van der Waals surface area contributed by atoms with E-state index in [9.17, 15) is 4.79 Å². The van der Waals surface area contributed by atoms with Crippen LogP contribution in [0.25, 0.3) is 0 Å². The molecule has 0 aliphatic rings. The number of benzene rings is 1. The van der Waals surface area contributed by atoms with E-state index in [0.717, 1.165) is 18.7 Å². The highest BCUT2D eigenvalue weighted by atomic mass is 16.1. The molecule has 0 radical (unpaired) electrons. The van der Waals surface area contributed by atoms with E-state index < -0.39 is 0 Å². The van der Waals surface area contributed by atoms with E-state index in [1.165, 1.54) is 5.56 Å². The van der Waals surface area contributed by atoms with Gasteiger partial charge in [0.05, 0.1) is 0 Å². The Balaban J connectivity index is 2.42. The van der Waals surface area contributed by atoms with Crippen LogP contribution in [0.5, 0.6) is 0 Å². The number of rotatable bonds is 7. The smallest absolute Gasteiger partial charge is 0.224 e. The summed E-state index contributed by atoms with van der Waals surface area (Å²) in [5.74, 6) is 0.453. The van der Waals surface area contributed by atoms with Crippen molar-refractivity contribution in [3.8, 4) is 0 Å². The van der Waals surface area contributed by atoms with Crippen LogP contribution in [0.3, 0.4) is 0 Å². The second-order valence-electron chi connectivity index (χ2n) is 5.36. The summed E-state index contributed by atoms with van der Waals surface area (Å²) in [4.78, 5) is 13.8. The molecule has 0 heterocycles. The van der Waals surface area contributed by atoms with Gasteiger partial charge in [0.2, 0.25) is 5.91 Å².